The van der Waals surface area contributed by atoms with Crippen LogP contribution in [0.15, 0.2) is 0 Å². The number of aliphatic hydroxyl groups excluding tert-OH is 1. The normalized spacial score (nSPS) is 14.2. The van der Waals surface area contributed by atoms with Gasteiger partial charge in [-0.25, -0.2) is 9.13 Å². The second kappa shape index (κ2) is 61.9. The van der Waals surface area contributed by atoms with E-state index in [1.54, 1.807) is 0 Å². The molecule has 0 aromatic heterocycles. The molecule has 0 heterocycles. The zero-order chi connectivity index (χ0) is 66.6. The summed E-state index contributed by atoms with van der Waals surface area (Å²) in [6, 6.07) is 0. The standard InChI is InChI=1S/C71H138O17P2/c1-8-9-10-11-12-13-14-17-21-24-30-38-45-52-68(73)81-58-66(87-70(75)54-47-40-31-25-22-19-16-15-18-20-23-28-35-42-49-62(2)3)60-85-89(77,78)83-56-65(72)57-84-90(79,80)86-61-67(59-82-69(74)53-46-39-34-33-37-44-51-64(6)7)88-71(76)55-48-41-32-27-26-29-36-43-50-63(4)5/h62-67,72H,8-61H2,1-7H3,(H,77,78)(H,79,80)/t65-,66-,67-/m1/s1. The van der Waals surface area contributed by atoms with Crippen LogP contribution in [0, 0.1) is 17.8 Å². The Balaban J connectivity index is 5.23. The summed E-state index contributed by atoms with van der Waals surface area (Å²) in [6.45, 7) is 11.8. The molecule has 17 nitrogen and oxygen atoms in total. The van der Waals surface area contributed by atoms with Gasteiger partial charge in [0, 0.05) is 25.7 Å². The minimum atomic E-state index is -4.95. The van der Waals surface area contributed by atoms with E-state index in [-0.39, 0.29) is 25.7 Å². The Bertz CT molecular complexity index is 1770. The average Bonchev–Trinajstić information content (AvgIpc) is 3.71. The fourth-order valence-electron chi connectivity index (χ4n) is 10.7. The number of phosphoric ester groups is 2. The Morgan fingerprint density at radius 3 is 0.756 bits per heavy atom. The first kappa shape index (κ1) is 88.1. The zero-order valence-corrected chi connectivity index (χ0v) is 60.4. The number of ether oxygens (including phenoxy) is 4. The molecule has 0 rings (SSSR count). The predicted octanol–water partition coefficient (Wildman–Crippen LogP) is 20.2. The van der Waals surface area contributed by atoms with Gasteiger partial charge in [0.1, 0.15) is 19.3 Å². The van der Waals surface area contributed by atoms with Gasteiger partial charge in [0.25, 0.3) is 0 Å². The van der Waals surface area contributed by atoms with Crippen LogP contribution < -0.4 is 0 Å². The summed E-state index contributed by atoms with van der Waals surface area (Å²) in [5.74, 6) is 0.0655. The van der Waals surface area contributed by atoms with Gasteiger partial charge in [0.2, 0.25) is 0 Å². The van der Waals surface area contributed by atoms with E-state index in [9.17, 15) is 43.2 Å². The Morgan fingerprint density at radius 1 is 0.300 bits per heavy atom. The van der Waals surface area contributed by atoms with Crippen LogP contribution in [0.3, 0.4) is 0 Å². The highest BCUT2D eigenvalue weighted by Crippen LogP contribution is 2.45. The molecular formula is C71H138O17P2. The Labute approximate surface area is 549 Å². The number of rotatable bonds is 69. The van der Waals surface area contributed by atoms with E-state index in [0.29, 0.717) is 31.6 Å². The molecule has 0 aliphatic carbocycles. The third kappa shape index (κ3) is 64.8. The summed E-state index contributed by atoms with van der Waals surface area (Å²) in [6.07, 6.45) is 46.0. The van der Waals surface area contributed by atoms with Crippen molar-refractivity contribution in [2.75, 3.05) is 39.6 Å². The molecule has 0 bridgehead atoms. The van der Waals surface area contributed by atoms with Gasteiger partial charge >= 0.3 is 39.5 Å². The summed E-state index contributed by atoms with van der Waals surface area (Å²) in [5.41, 5.74) is 0. The molecule has 0 saturated carbocycles. The average molecular weight is 1330 g/mol. The predicted molar refractivity (Wildman–Crippen MR) is 363 cm³/mol. The fourth-order valence-corrected chi connectivity index (χ4v) is 12.3. The first-order chi connectivity index (χ1) is 43.2. The highest BCUT2D eigenvalue weighted by atomic mass is 31.2. The molecule has 0 radical (unpaired) electrons. The number of carbonyl (C=O) groups is 4. The Morgan fingerprint density at radius 2 is 0.511 bits per heavy atom. The van der Waals surface area contributed by atoms with Gasteiger partial charge in [-0.2, -0.15) is 0 Å². The van der Waals surface area contributed by atoms with Crippen LogP contribution in [-0.4, -0.2) is 96.7 Å². The first-order valence-corrected chi connectivity index (χ1v) is 39.8. The van der Waals surface area contributed by atoms with Gasteiger partial charge in [0.05, 0.1) is 26.4 Å². The molecule has 0 aromatic carbocycles. The topological polar surface area (TPSA) is 237 Å². The lowest BCUT2D eigenvalue weighted by atomic mass is 10.0. The number of unbranched alkanes of at least 4 members (excludes halogenated alkanes) is 37. The van der Waals surface area contributed by atoms with Gasteiger partial charge in [-0.15, -0.1) is 0 Å². The van der Waals surface area contributed by atoms with Crippen molar-refractivity contribution in [3.8, 4) is 0 Å². The lowest BCUT2D eigenvalue weighted by Crippen LogP contribution is -2.30. The Hall–Kier alpha value is -1.94. The molecule has 534 valence electrons. The number of hydrogen-bond acceptors (Lipinski definition) is 15. The van der Waals surface area contributed by atoms with E-state index in [1.807, 2.05) is 0 Å². The van der Waals surface area contributed by atoms with E-state index in [2.05, 4.69) is 48.5 Å². The molecule has 3 N–H and O–H groups in total. The lowest BCUT2D eigenvalue weighted by Gasteiger charge is -2.21. The SMILES string of the molecule is CCCCCCCCCCCCCCCC(=O)OC[C@H](COP(=O)(O)OC[C@@H](O)COP(=O)(O)OC[C@@H](COC(=O)CCCCCCCCC(C)C)OC(=O)CCCCCCCCCCC(C)C)OC(=O)CCCCCCCCCCCCCCCCC(C)C. The molecule has 19 heteroatoms. The molecule has 0 fully saturated rings. The summed E-state index contributed by atoms with van der Waals surface area (Å²) in [5, 5.41) is 10.6. The van der Waals surface area contributed by atoms with Crippen LogP contribution in [0.25, 0.3) is 0 Å². The van der Waals surface area contributed by atoms with Crippen LogP contribution in [0.2, 0.25) is 0 Å². The first-order valence-electron chi connectivity index (χ1n) is 36.8. The van der Waals surface area contributed by atoms with Crippen LogP contribution in [0.1, 0.15) is 357 Å². The number of esters is 4. The molecule has 0 saturated heterocycles. The van der Waals surface area contributed by atoms with Crippen molar-refractivity contribution in [3.63, 3.8) is 0 Å². The van der Waals surface area contributed by atoms with E-state index in [0.717, 1.165) is 108 Å². The van der Waals surface area contributed by atoms with Gasteiger partial charge < -0.3 is 33.8 Å². The summed E-state index contributed by atoms with van der Waals surface area (Å²) in [4.78, 5) is 72.5. The quantitative estimate of drug-likeness (QED) is 0.0222. The molecule has 0 aliphatic heterocycles. The van der Waals surface area contributed by atoms with Gasteiger partial charge in [-0.3, -0.25) is 37.3 Å². The minimum Gasteiger partial charge on any atom is -0.462 e. The smallest absolute Gasteiger partial charge is 0.462 e. The van der Waals surface area contributed by atoms with Crippen LogP contribution in [0.5, 0.6) is 0 Å². The van der Waals surface area contributed by atoms with E-state index in [4.69, 9.17) is 37.0 Å². The van der Waals surface area contributed by atoms with Crippen molar-refractivity contribution in [1.29, 1.82) is 0 Å². The number of phosphoric acid groups is 2. The third-order valence-corrected chi connectivity index (χ3v) is 18.3. The monoisotopic (exact) mass is 1320 g/mol. The van der Waals surface area contributed by atoms with Crippen molar-refractivity contribution < 1.29 is 80.2 Å². The van der Waals surface area contributed by atoms with Crippen molar-refractivity contribution in [3.05, 3.63) is 0 Å². The van der Waals surface area contributed by atoms with Crippen molar-refractivity contribution >= 4 is 39.5 Å². The summed E-state index contributed by atoms with van der Waals surface area (Å²) < 4.78 is 68.3. The second-order valence-electron chi connectivity index (χ2n) is 27.1. The zero-order valence-electron chi connectivity index (χ0n) is 58.6. The van der Waals surface area contributed by atoms with Crippen LogP contribution >= 0.6 is 15.6 Å². The highest BCUT2D eigenvalue weighted by molar-refractivity contribution is 7.47. The molecular weight excluding hydrogens is 1190 g/mol. The molecule has 2 unspecified atom stereocenters. The summed E-state index contributed by atoms with van der Waals surface area (Å²) >= 11 is 0. The molecule has 0 aromatic rings. The van der Waals surface area contributed by atoms with Crippen molar-refractivity contribution in [2.45, 2.75) is 375 Å². The maximum atomic E-state index is 13.0. The van der Waals surface area contributed by atoms with Crippen LogP contribution in [-0.2, 0) is 65.4 Å². The molecule has 0 aliphatic rings. The number of aliphatic hydroxyl groups is 1. The largest absolute Gasteiger partial charge is 0.472 e. The fraction of sp³-hybridized carbons (Fsp3) is 0.944. The molecule has 0 amide bonds. The minimum absolute atomic E-state index is 0.103. The molecule has 90 heavy (non-hydrogen) atoms. The van der Waals surface area contributed by atoms with E-state index in [1.165, 1.54) is 161 Å². The third-order valence-electron chi connectivity index (χ3n) is 16.4. The maximum absolute atomic E-state index is 13.0. The molecule has 5 atom stereocenters. The number of hydrogen-bond donors (Lipinski definition) is 3. The van der Waals surface area contributed by atoms with Gasteiger partial charge in [-0.05, 0) is 43.4 Å². The van der Waals surface area contributed by atoms with Gasteiger partial charge in [-0.1, -0.05) is 305 Å². The maximum Gasteiger partial charge on any atom is 0.472 e. The van der Waals surface area contributed by atoms with Crippen molar-refractivity contribution in [2.24, 2.45) is 17.8 Å². The van der Waals surface area contributed by atoms with Gasteiger partial charge in [0.15, 0.2) is 12.2 Å². The summed E-state index contributed by atoms with van der Waals surface area (Å²) in [7, 11) is -9.90. The van der Waals surface area contributed by atoms with E-state index >= 15 is 0 Å². The lowest BCUT2D eigenvalue weighted by molar-refractivity contribution is -0.161. The Kier molecular flexibility index (Phi) is 60.6. The van der Waals surface area contributed by atoms with Crippen molar-refractivity contribution in [1.82, 2.24) is 0 Å². The number of carbonyl (C=O) groups excluding carboxylic acids is 4. The van der Waals surface area contributed by atoms with Crippen LogP contribution in [0.4, 0.5) is 0 Å². The molecule has 0 spiro atoms. The second-order valence-corrected chi connectivity index (χ2v) is 30.0. The van der Waals surface area contributed by atoms with E-state index < -0.39 is 97.5 Å². The highest BCUT2D eigenvalue weighted by Gasteiger charge is 2.30.